The van der Waals surface area contributed by atoms with Crippen molar-refractivity contribution in [2.45, 2.75) is 32.6 Å². The Morgan fingerprint density at radius 3 is 3.20 bits per heavy atom. The Kier molecular flexibility index (Phi) is 5.15. The van der Waals surface area contributed by atoms with E-state index in [9.17, 15) is 4.79 Å². The number of carbonyl (C=O) groups is 1. The first-order valence-electron chi connectivity index (χ1n) is 7.11. The standard InChI is InChI=1S/C14H21N3O3/c1-2-8-20-12-5-6-15-14(16-12)17-7-3-4-11(10-17)9-13(18)19/h5-6,11H,2-4,7-10H2,1H3,(H,18,19). The number of rotatable bonds is 6. The molecule has 1 saturated heterocycles. The van der Waals surface area contributed by atoms with E-state index in [4.69, 9.17) is 9.84 Å². The van der Waals surface area contributed by atoms with Crippen molar-refractivity contribution in [1.82, 2.24) is 9.97 Å². The summed E-state index contributed by atoms with van der Waals surface area (Å²) < 4.78 is 5.51. The Hall–Kier alpha value is -1.85. The van der Waals surface area contributed by atoms with Gasteiger partial charge in [0.15, 0.2) is 0 Å². The monoisotopic (exact) mass is 279 g/mol. The molecule has 1 aliphatic heterocycles. The zero-order valence-electron chi connectivity index (χ0n) is 11.8. The summed E-state index contributed by atoms with van der Waals surface area (Å²) in [5.74, 6) is 0.647. The molecule has 1 aromatic heterocycles. The minimum atomic E-state index is -0.738. The predicted molar refractivity (Wildman–Crippen MR) is 75.0 cm³/mol. The largest absolute Gasteiger partial charge is 0.481 e. The van der Waals surface area contributed by atoms with Crippen molar-refractivity contribution in [2.24, 2.45) is 5.92 Å². The van der Waals surface area contributed by atoms with E-state index in [0.717, 1.165) is 25.8 Å². The first-order valence-corrected chi connectivity index (χ1v) is 7.11. The number of hydrogen-bond acceptors (Lipinski definition) is 5. The summed E-state index contributed by atoms with van der Waals surface area (Å²) in [4.78, 5) is 21.5. The summed E-state index contributed by atoms with van der Waals surface area (Å²) in [6, 6.07) is 1.75. The molecule has 0 bridgehead atoms. The first kappa shape index (κ1) is 14.6. The van der Waals surface area contributed by atoms with Crippen LogP contribution in [-0.4, -0.2) is 40.7 Å². The van der Waals surface area contributed by atoms with Gasteiger partial charge in [-0.2, -0.15) is 4.98 Å². The van der Waals surface area contributed by atoms with Crippen LogP contribution < -0.4 is 9.64 Å². The van der Waals surface area contributed by atoms with Gasteiger partial charge in [0.1, 0.15) is 0 Å². The quantitative estimate of drug-likeness (QED) is 0.858. The third kappa shape index (κ3) is 4.08. The maximum atomic E-state index is 10.8. The maximum Gasteiger partial charge on any atom is 0.303 e. The van der Waals surface area contributed by atoms with Gasteiger partial charge in [0.05, 0.1) is 6.61 Å². The predicted octanol–water partition coefficient (Wildman–Crippen LogP) is 1.96. The van der Waals surface area contributed by atoms with E-state index in [-0.39, 0.29) is 12.3 Å². The highest BCUT2D eigenvalue weighted by Crippen LogP contribution is 2.23. The second kappa shape index (κ2) is 7.07. The lowest BCUT2D eigenvalue weighted by Crippen LogP contribution is -2.37. The number of ether oxygens (including phenoxy) is 1. The summed E-state index contributed by atoms with van der Waals surface area (Å²) in [5.41, 5.74) is 0. The van der Waals surface area contributed by atoms with Crippen LogP contribution in [0.4, 0.5) is 5.95 Å². The van der Waals surface area contributed by atoms with Crippen molar-refractivity contribution >= 4 is 11.9 Å². The highest BCUT2D eigenvalue weighted by molar-refractivity contribution is 5.67. The Morgan fingerprint density at radius 2 is 2.45 bits per heavy atom. The molecule has 0 aromatic carbocycles. The average molecular weight is 279 g/mol. The highest BCUT2D eigenvalue weighted by atomic mass is 16.5. The lowest BCUT2D eigenvalue weighted by atomic mass is 9.95. The Bertz CT molecular complexity index is 453. The van der Waals surface area contributed by atoms with Crippen LogP contribution >= 0.6 is 0 Å². The number of nitrogens with zero attached hydrogens (tertiary/aromatic N) is 3. The maximum absolute atomic E-state index is 10.8. The molecule has 1 aromatic rings. The smallest absolute Gasteiger partial charge is 0.303 e. The molecule has 0 aliphatic carbocycles. The molecular weight excluding hydrogens is 258 g/mol. The van der Waals surface area contributed by atoms with Crippen LogP contribution in [0.2, 0.25) is 0 Å². The van der Waals surface area contributed by atoms with Crippen molar-refractivity contribution in [2.75, 3.05) is 24.6 Å². The molecule has 20 heavy (non-hydrogen) atoms. The molecule has 2 heterocycles. The molecule has 0 radical (unpaired) electrons. The molecule has 1 N–H and O–H groups in total. The molecule has 1 unspecified atom stereocenters. The molecule has 2 rings (SSSR count). The molecule has 1 aliphatic rings. The number of hydrogen-bond donors (Lipinski definition) is 1. The SMILES string of the molecule is CCCOc1ccnc(N2CCCC(CC(=O)O)C2)n1. The Labute approximate surface area is 118 Å². The molecule has 6 heteroatoms. The van der Waals surface area contributed by atoms with E-state index < -0.39 is 5.97 Å². The Morgan fingerprint density at radius 1 is 1.60 bits per heavy atom. The lowest BCUT2D eigenvalue weighted by molar-refractivity contribution is -0.138. The molecule has 0 spiro atoms. The molecule has 0 amide bonds. The summed E-state index contributed by atoms with van der Waals surface area (Å²) in [5, 5.41) is 8.89. The first-order chi connectivity index (χ1) is 9.69. The van der Waals surface area contributed by atoms with Gasteiger partial charge >= 0.3 is 5.97 Å². The minimum absolute atomic E-state index is 0.171. The third-order valence-electron chi connectivity index (χ3n) is 3.34. The van der Waals surface area contributed by atoms with Gasteiger partial charge in [0.2, 0.25) is 11.8 Å². The summed E-state index contributed by atoms with van der Waals surface area (Å²) >= 11 is 0. The summed E-state index contributed by atoms with van der Waals surface area (Å²) in [6.45, 7) is 4.25. The van der Waals surface area contributed by atoms with Crippen molar-refractivity contribution in [3.8, 4) is 5.88 Å². The van der Waals surface area contributed by atoms with Crippen molar-refractivity contribution < 1.29 is 14.6 Å². The van der Waals surface area contributed by atoms with Gasteiger partial charge in [-0.3, -0.25) is 4.79 Å². The highest BCUT2D eigenvalue weighted by Gasteiger charge is 2.23. The van der Waals surface area contributed by atoms with Crippen LogP contribution in [-0.2, 0) is 4.79 Å². The summed E-state index contributed by atoms with van der Waals surface area (Å²) in [7, 11) is 0. The third-order valence-corrected chi connectivity index (χ3v) is 3.34. The van der Waals surface area contributed by atoms with Crippen LogP contribution in [0.3, 0.4) is 0 Å². The topological polar surface area (TPSA) is 75.5 Å². The molecule has 0 saturated carbocycles. The van der Waals surface area contributed by atoms with Crippen LogP contribution in [0, 0.1) is 5.92 Å². The number of aliphatic carboxylic acids is 1. The molecule has 1 fully saturated rings. The van der Waals surface area contributed by atoms with E-state index in [0.29, 0.717) is 25.0 Å². The lowest BCUT2D eigenvalue weighted by Gasteiger charge is -2.32. The minimum Gasteiger partial charge on any atom is -0.481 e. The molecule has 110 valence electrons. The van der Waals surface area contributed by atoms with Gasteiger partial charge < -0.3 is 14.7 Å². The van der Waals surface area contributed by atoms with Crippen LogP contribution in [0.1, 0.15) is 32.6 Å². The zero-order chi connectivity index (χ0) is 14.4. The fraction of sp³-hybridized carbons (Fsp3) is 0.643. The fourth-order valence-corrected chi connectivity index (χ4v) is 2.43. The second-order valence-electron chi connectivity index (χ2n) is 5.10. The van der Waals surface area contributed by atoms with Crippen LogP contribution in [0.5, 0.6) is 5.88 Å². The summed E-state index contributed by atoms with van der Waals surface area (Å²) in [6.07, 6.45) is 4.76. The van der Waals surface area contributed by atoms with Gasteiger partial charge in [0, 0.05) is 31.8 Å². The van der Waals surface area contributed by atoms with Crippen molar-refractivity contribution in [1.29, 1.82) is 0 Å². The van der Waals surface area contributed by atoms with E-state index in [1.807, 2.05) is 6.92 Å². The van der Waals surface area contributed by atoms with Crippen LogP contribution in [0.25, 0.3) is 0 Å². The van der Waals surface area contributed by atoms with Crippen molar-refractivity contribution in [3.05, 3.63) is 12.3 Å². The normalized spacial score (nSPS) is 18.9. The van der Waals surface area contributed by atoms with Gasteiger partial charge in [0.25, 0.3) is 0 Å². The number of carboxylic acids is 1. The van der Waals surface area contributed by atoms with Gasteiger partial charge in [-0.15, -0.1) is 0 Å². The molecule has 6 nitrogen and oxygen atoms in total. The van der Waals surface area contributed by atoms with E-state index in [1.165, 1.54) is 0 Å². The van der Waals surface area contributed by atoms with Gasteiger partial charge in [-0.1, -0.05) is 6.92 Å². The van der Waals surface area contributed by atoms with Gasteiger partial charge in [-0.05, 0) is 25.2 Å². The fourth-order valence-electron chi connectivity index (χ4n) is 2.43. The van der Waals surface area contributed by atoms with E-state index in [2.05, 4.69) is 14.9 Å². The van der Waals surface area contributed by atoms with Crippen LogP contribution in [0.15, 0.2) is 12.3 Å². The zero-order valence-corrected chi connectivity index (χ0v) is 11.8. The Balaban J connectivity index is 2.00. The van der Waals surface area contributed by atoms with E-state index >= 15 is 0 Å². The number of aromatic nitrogens is 2. The second-order valence-corrected chi connectivity index (χ2v) is 5.10. The number of anilines is 1. The number of piperidine rings is 1. The molecular formula is C14H21N3O3. The number of carboxylic acid groups (broad SMARTS) is 1. The molecule has 1 atom stereocenters. The van der Waals surface area contributed by atoms with Crippen molar-refractivity contribution in [3.63, 3.8) is 0 Å². The van der Waals surface area contributed by atoms with Gasteiger partial charge in [-0.25, -0.2) is 4.98 Å². The average Bonchev–Trinajstić information content (AvgIpc) is 2.45. The van der Waals surface area contributed by atoms with E-state index in [1.54, 1.807) is 12.3 Å².